The van der Waals surface area contributed by atoms with Gasteiger partial charge in [-0.25, -0.2) is 9.78 Å². The molecule has 1 rings (SSSR count). The van der Waals surface area contributed by atoms with Gasteiger partial charge in [-0.15, -0.1) is 0 Å². The van der Waals surface area contributed by atoms with E-state index in [4.69, 9.17) is 22.6 Å². The van der Waals surface area contributed by atoms with Crippen molar-refractivity contribution in [2.24, 2.45) is 15.9 Å². The van der Waals surface area contributed by atoms with Crippen LogP contribution in [0.25, 0.3) is 0 Å². The van der Waals surface area contributed by atoms with Crippen molar-refractivity contribution in [2.75, 3.05) is 25.0 Å². The zero-order chi connectivity index (χ0) is 16.4. The number of amides is 1. The Bertz CT molecular complexity index is 590. The molecule has 22 heavy (non-hydrogen) atoms. The van der Waals surface area contributed by atoms with Crippen molar-refractivity contribution in [1.82, 2.24) is 10.3 Å². The largest absolute Gasteiger partial charge is 0.477 e. The predicted octanol–water partition coefficient (Wildman–Crippen LogP) is -0.0234. The van der Waals surface area contributed by atoms with Crippen LogP contribution in [-0.2, 0) is 4.79 Å². The maximum atomic E-state index is 11.7. The molecule has 0 bridgehead atoms. The van der Waals surface area contributed by atoms with Crippen molar-refractivity contribution in [3.63, 3.8) is 0 Å². The number of carbonyl (C=O) groups is 2. The normalized spacial score (nSPS) is 11.1. The molecular formula is C12H15ClN6O3. The van der Waals surface area contributed by atoms with Gasteiger partial charge in [0.2, 0.25) is 5.91 Å². The SMILES string of the molecule is N/N=C\C=NCCNCC(=O)Nc1ccc(C(=O)O)nc1Cl. The molecule has 9 nitrogen and oxygen atoms in total. The van der Waals surface area contributed by atoms with Crippen LogP contribution < -0.4 is 16.5 Å². The number of hydrogen-bond acceptors (Lipinski definition) is 7. The average molecular weight is 327 g/mol. The minimum absolute atomic E-state index is 0.0531. The lowest BCUT2D eigenvalue weighted by molar-refractivity contribution is -0.115. The first-order valence-corrected chi connectivity index (χ1v) is 6.54. The molecular weight excluding hydrogens is 312 g/mol. The van der Waals surface area contributed by atoms with Gasteiger partial charge >= 0.3 is 5.97 Å². The van der Waals surface area contributed by atoms with E-state index in [-0.39, 0.29) is 29.0 Å². The van der Waals surface area contributed by atoms with Crippen LogP contribution >= 0.6 is 11.6 Å². The predicted molar refractivity (Wildman–Crippen MR) is 83.7 cm³/mol. The van der Waals surface area contributed by atoms with E-state index in [1.54, 1.807) is 0 Å². The summed E-state index contributed by atoms with van der Waals surface area (Å²) in [4.78, 5) is 30.0. The summed E-state index contributed by atoms with van der Waals surface area (Å²) in [6.45, 7) is 1.01. The lowest BCUT2D eigenvalue weighted by Gasteiger charge is -2.07. The number of nitrogens with one attached hydrogen (secondary N) is 2. The third-order valence-electron chi connectivity index (χ3n) is 2.30. The highest BCUT2D eigenvalue weighted by atomic mass is 35.5. The Kier molecular flexibility index (Phi) is 7.51. The molecule has 0 aliphatic rings. The highest BCUT2D eigenvalue weighted by Crippen LogP contribution is 2.19. The number of aromatic nitrogens is 1. The van der Waals surface area contributed by atoms with E-state index in [2.05, 4.69) is 25.7 Å². The Balaban J connectivity index is 2.37. The molecule has 0 radical (unpaired) electrons. The number of pyridine rings is 1. The van der Waals surface area contributed by atoms with Crippen molar-refractivity contribution < 1.29 is 14.7 Å². The highest BCUT2D eigenvalue weighted by Gasteiger charge is 2.10. The number of nitrogens with two attached hydrogens (primary N) is 1. The monoisotopic (exact) mass is 326 g/mol. The minimum atomic E-state index is -1.19. The summed E-state index contributed by atoms with van der Waals surface area (Å²) >= 11 is 5.80. The first-order valence-electron chi connectivity index (χ1n) is 6.16. The van der Waals surface area contributed by atoms with Crippen LogP contribution in [0.5, 0.6) is 0 Å². The second kappa shape index (κ2) is 9.42. The lowest BCUT2D eigenvalue weighted by atomic mass is 10.3. The summed E-state index contributed by atoms with van der Waals surface area (Å²) in [7, 11) is 0. The number of nitrogens with zero attached hydrogens (tertiary/aromatic N) is 3. The van der Waals surface area contributed by atoms with E-state index in [1.807, 2.05) is 0 Å². The number of aliphatic imine (C=N–C) groups is 1. The van der Waals surface area contributed by atoms with Crippen molar-refractivity contribution >= 4 is 41.6 Å². The molecule has 1 amide bonds. The second-order valence-electron chi connectivity index (χ2n) is 3.92. The number of hydrazone groups is 1. The fourth-order valence-corrected chi connectivity index (χ4v) is 1.55. The first kappa shape index (κ1) is 17.5. The van der Waals surface area contributed by atoms with Crippen LogP contribution in [0.2, 0.25) is 5.15 Å². The molecule has 0 unspecified atom stereocenters. The van der Waals surface area contributed by atoms with Gasteiger partial charge in [0, 0.05) is 12.8 Å². The second-order valence-corrected chi connectivity index (χ2v) is 4.28. The van der Waals surface area contributed by atoms with Gasteiger partial charge in [0.15, 0.2) is 5.15 Å². The molecule has 118 valence electrons. The quantitative estimate of drug-likeness (QED) is 0.174. The molecule has 0 aliphatic heterocycles. The van der Waals surface area contributed by atoms with Crippen molar-refractivity contribution in [2.45, 2.75) is 0 Å². The molecule has 5 N–H and O–H groups in total. The molecule has 1 aromatic rings. The van der Waals surface area contributed by atoms with Gasteiger partial charge in [-0.2, -0.15) is 5.10 Å². The Morgan fingerprint density at radius 1 is 1.41 bits per heavy atom. The third-order valence-corrected chi connectivity index (χ3v) is 2.59. The zero-order valence-electron chi connectivity index (χ0n) is 11.5. The Morgan fingerprint density at radius 3 is 2.82 bits per heavy atom. The topological polar surface area (TPSA) is 142 Å². The summed E-state index contributed by atoms with van der Waals surface area (Å²) < 4.78 is 0. The lowest BCUT2D eigenvalue weighted by Crippen LogP contribution is -2.30. The van der Waals surface area contributed by atoms with E-state index in [9.17, 15) is 9.59 Å². The van der Waals surface area contributed by atoms with Crippen LogP contribution in [0.1, 0.15) is 10.5 Å². The van der Waals surface area contributed by atoms with Crippen LogP contribution in [-0.4, -0.2) is 54.0 Å². The molecule has 0 atom stereocenters. The summed E-state index contributed by atoms with van der Waals surface area (Å²) in [5.74, 6) is 3.35. The van der Waals surface area contributed by atoms with E-state index in [0.29, 0.717) is 13.1 Å². The summed E-state index contributed by atoms with van der Waals surface area (Å²) in [5, 5.41) is 17.3. The van der Waals surface area contributed by atoms with Crippen molar-refractivity contribution in [3.05, 3.63) is 23.0 Å². The highest BCUT2D eigenvalue weighted by molar-refractivity contribution is 6.32. The maximum Gasteiger partial charge on any atom is 0.354 e. The van der Waals surface area contributed by atoms with Crippen molar-refractivity contribution in [1.29, 1.82) is 0 Å². The van der Waals surface area contributed by atoms with Crippen LogP contribution in [0.3, 0.4) is 0 Å². The summed E-state index contributed by atoms with van der Waals surface area (Å²) in [5.41, 5.74) is 0.0515. The minimum Gasteiger partial charge on any atom is -0.477 e. The zero-order valence-corrected chi connectivity index (χ0v) is 12.2. The number of rotatable bonds is 8. The van der Waals surface area contributed by atoms with Gasteiger partial charge in [-0.1, -0.05) is 11.6 Å². The number of carboxylic acid groups (broad SMARTS) is 1. The molecule has 1 aromatic heterocycles. The number of carbonyl (C=O) groups excluding carboxylic acids is 1. The smallest absolute Gasteiger partial charge is 0.354 e. The number of aromatic carboxylic acids is 1. The number of anilines is 1. The molecule has 0 fully saturated rings. The van der Waals surface area contributed by atoms with Crippen LogP contribution in [0.15, 0.2) is 22.2 Å². The number of hydrogen-bond donors (Lipinski definition) is 4. The molecule has 0 spiro atoms. The Hall–Kier alpha value is -2.52. The molecule has 0 saturated carbocycles. The van der Waals surface area contributed by atoms with Gasteiger partial charge in [0.25, 0.3) is 0 Å². The Morgan fingerprint density at radius 2 is 2.18 bits per heavy atom. The molecule has 0 aliphatic carbocycles. The van der Waals surface area contributed by atoms with Gasteiger partial charge in [-0.3, -0.25) is 9.79 Å². The average Bonchev–Trinajstić information content (AvgIpc) is 2.48. The summed E-state index contributed by atoms with van der Waals surface area (Å²) in [6.07, 6.45) is 2.81. The van der Waals surface area contributed by atoms with E-state index in [1.165, 1.54) is 24.6 Å². The van der Waals surface area contributed by atoms with Gasteiger partial charge in [0.05, 0.1) is 25.0 Å². The standard InChI is InChI=1S/C12H15ClN6O3/c13-11-8(1-2-9(19-11)12(21)22)18-10(20)7-16-4-3-15-5-6-17-14/h1-2,5-6,16H,3-4,7,14H2,(H,18,20)(H,21,22)/b15-5?,17-6-. The van der Waals surface area contributed by atoms with Crippen molar-refractivity contribution in [3.8, 4) is 0 Å². The maximum absolute atomic E-state index is 11.7. The molecule has 0 aromatic carbocycles. The fourth-order valence-electron chi connectivity index (χ4n) is 1.35. The summed E-state index contributed by atoms with van der Waals surface area (Å²) in [6, 6.07) is 2.64. The van der Waals surface area contributed by atoms with Gasteiger partial charge in [0.1, 0.15) is 5.69 Å². The fraction of sp³-hybridized carbons (Fsp3) is 0.250. The first-order chi connectivity index (χ1) is 10.5. The number of carboxylic acids is 1. The van der Waals surface area contributed by atoms with E-state index < -0.39 is 5.97 Å². The van der Waals surface area contributed by atoms with Gasteiger partial charge in [-0.05, 0) is 12.1 Å². The van der Waals surface area contributed by atoms with E-state index in [0.717, 1.165) is 0 Å². The molecule has 10 heteroatoms. The van der Waals surface area contributed by atoms with Crippen LogP contribution in [0.4, 0.5) is 5.69 Å². The molecule has 0 saturated heterocycles. The third kappa shape index (κ3) is 6.29. The van der Waals surface area contributed by atoms with E-state index >= 15 is 0 Å². The Labute approximate surface area is 131 Å². The molecule has 1 heterocycles. The van der Waals surface area contributed by atoms with Gasteiger partial charge < -0.3 is 21.6 Å². The number of halogens is 1. The van der Waals surface area contributed by atoms with Crippen LogP contribution in [0, 0.1) is 0 Å².